The van der Waals surface area contributed by atoms with Gasteiger partial charge in [0.2, 0.25) is 10.0 Å². The van der Waals surface area contributed by atoms with Crippen LogP contribution in [0.15, 0.2) is 56.5 Å². The van der Waals surface area contributed by atoms with E-state index in [-0.39, 0.29) is 4.90 Å². The van der Waals surface area contributed by atoms with Gasteiger partial charge in [-0.1, -0.05) is 0 Å². The van der Waals surface area contributed by atoms with Crippen molar-refractivity contribution in [2.75, 3.05) is 5.32 Å². The summed E-state index contributed by atoms with van der Waals surface area (Å²) >= 11 is 3.14. The number of nitrogens with one attached hydrogen (secondary N) is 1. The van der Waals surface area contributed by atoms with Crippen molar-refractivity contribution >= 4 is 49.6 Å². The molecule has 1 aromatic heterocycles. The van der Waals surface area contributed by atoms with E-state index in [1.54, 1.807) is 12.1 Å². The Bertz CT molecular complexity index is 934. The van der Waals surface area contributed by atoms with Crippen LogP contribution in [-0.4, -0.2) is 26.4 Å². The number of carbonyl (C=O) groups excluding carboxylic acids is 2. The molecule has 0 spiro atoms. The van der Waals surface area contributed by atoms with Gasteiger partial charge >= 0.3 is 5.97 Å². The van der Waals surface area contributed by atoms with E-state index in [1.165, 1.54) is 37.3 Å². The number of ether oxygens (including phenoxy) is 1. The van der Waals surface area contributed by atoms with Gasteiger partial charge in [-0.15, -0.1) is 0 Å². The third-order valence-corrected chi connectivity index (χ3v) is 4.45. The van der Waals surface area contributed by atoms with Gasteiger partial charge in [-0.3, -0.25) is 4.79 Å². The molecule has 1 heterocycles. The van der Waals surface area contributed by atoms with Crippen molar-refractivity contribution in [3.05, 3.63) is 52.9 Å². The zero-order chi connectivity index (χ0) is 19.3. The average molecular weight is 443 g/mol. The Morgan fingerprint density at radius 3 is 2.42 bits per heavy atom. The van der Waals surface area contributed by atoms with E-state index in [1.807, 2.05) is 0 Å². The molecule has 1 unspecified atom stereocenters. The molecular formula is C16H15BrN2O6S. The van der Waals surface area contributed by atoms with Crippen LogP contribution >= 0.6 is 15.9 Å². The highest BCUT2D eigenvalue weighted by Gasteiger charge is 2.17. The van der Waals surface area contributed by atoms with Crippen molar-refractivity contribution in [3.63, 3.8) is 0 Å². The van der Waals surface area contributed by atoms with Crippen LogP contribution in [0.2, 0.25) is 0 Å². The van der Waals surface area contributed by atoms with Gasteiger partial charge in [0, 0.05) is 11.8 Å². The molecule has 2 rings (SSSR count). The summed E-state index contributed by atoms with van der Waals surface area (Å²) in [7, 11) is -3.81. The summed E-state index contributed by atoms with van der Waals surface area (Å²) in [5, 5.41) is 7.50. The standard InChI is InChI=1S/C16H15BrN2O6S/c1-10(24-15(20)9-5-12-4-8-14(17)25-12)16(21)19-11-2-6-13(7-3-11)26(18,22)23/h2-10H,1H3,(H,19,21)(H2,18,22,23)/b9-5+. The van der Waals surface area contributed by atoms with E-state index < -0.39 is 28.0 Å². The molecule has 2 aromatic rings. The molecule has 1 amide bonds. The topological polar surface area (TPSA) is 129 Å². The first-order valence-corrected chi connectivity index (χ1v) is 9.57. The summed E-state index contributed by atoms with van der Waals surface area (Å²) < 4.78 is 33.1. The first kappa shape index (κ1) is 19.9. The van der Waals surface area contributed by atoms with E-state index in [4.69, 9.17) is 14.3 Å². The Balaban J connectivity index is 1.90. The molecule has 10 heteroatoms. The molecule has 3 N–H and O–H groups in total. The third kappa shape index (κ3) is 5.83. The molecule has 0 fully saturated rings. The van der Waals surface area contributed by atoms with Crippen LogP contribution in [0.3, 0.4) is 0 Å². The second kappa shape index (κ2) is 8.30. The van der Waals surface area contributed by atoms with Crippen molar-refractivity contribution in [1.82, 2.24) is 0 Å². The summed E-state index contributed by atoms with van der Waals surface area (Å²) in [5.74, 6) is -0.846. The van der Waals surface area contributed by atoms with Gasteiger partial charge in [-0.25, -0.2) is 18.4 Å². The Hall–Kier alpha value is -2.43. The lowest BCUT2D eigenvalue weighted by atomic mass is 10.3. The molecule has 0 aliphatic heterocycles. The van der Waals surface area contributed by atoms with Crippen molar-refractivity contribution in [2.24, 2.45) is 5.14 Å². The van der Waals surface area contributed by atoms with Crippen LogP contribution < -0.4 is 10.5 Å². The van der Waals surface area contributed by atoms with Crippen molar-refractivity contribution < 1.29 is 27.2 Å². The number of hydrogen-bond donors (Lipinski definition) is 2. The quantitative estimate of drug-likeness (QED) is 0.521. The molecule has 0 aliphatic rings. The van der Waals surface area contributed by atoms with Gasteiger partial charge in [0.05, 0.1) is 4.90 Å². The van der Waals surface area contributed by atoms with Crippen LogP contribution in [0.4, 0.5) is 5.69 Å². The summed E-state index contributed by atoms with van der Waals surface area (Å²) in [6, 6.07) is 8.58. The number of nitrogens with two attached hydrogens (primary N) is 1. The van der Waals surface area contributed by atoms with Crippen LogP contribution in [0.25, 0.3) is 6.08 Å². The van der Waals surface area contributed by atoms with Crippen molar-refractivity contribution in [1.29, 1.82) is 0 Å². The number of hydrogen-bond acceptors (Lipinski definition) is 6. The summed E-state index contributed by atoms with van der Waals surface area (Å²) in [6.07, 6.45) is 1.48. The van der Waals surface area contributed by atoms with Crippen LogP contribution in [0.5, 0.6) is 0 Å². The Morgan fingerprint density at radius 2 is 1.88 bits per heavy atom. The molecular weight excluding hydrogens is 428 g/mol. The fraction of sp³-hybridized carbons (Fsp3) is 0.125. The average Bonchev–Trinajstić information content (AvgIpc) is 2.98. The lowest BCUT2D eigenvalue weighted by Gasteiger charge is -2.12. The normalized spacial score (nSPS) is 12.7. The maximum absolute atomic E-state index is 12.0. The van der Waals surface area contributed by atoms with Crippen molar-refractivity contribution in [2.45, 2.75) is 17.9 Å². The SMILES string of the molecule is CC(OC(=O)/C=C/c1ccc(Br)o1)C(=O)Nc1ccc(S(N)(=O)=O)cc1. The van der Waals surface area contributed by atoms with E-state index >= 15 is 0 Å². The summed E-state index contributed by atoms with van der Waals surface area (Å²) in [5.41, 5.74) is 0.335. The molecule has 1 atom stereocenters. The monoisotopic (exact) mass is 442 g/mol. The van der Waals surface area contributed by atoms with Crippen molar-refractivity contribution in [3.8, 4) is 0 Å². The van der Waals surface area contributed by atoms with Gasteiger partial charge < -0.3 is 14.5 Å². The van der Waals surface area contributed by atoms with Crippen LogP contribution in [-0.2, 0) is 24.3 Å². The second-order valence-corrected chi connectivity index (χ2v) is 7.46. The van der Waals surface area contributed by atoms with Gasteiger partial charge in [-0.05, 0) is 65.3 Å². The Labute approximate surface area is 158 Å². The molecule has 138 valence electrons. The minimum Gasteiger partial charge on any atom is -0.450 e. The predicted molar refractivity (Wildman–Crippen MR) is 97.4 cm³/mol. The summed E-state index contributed by atoms with van der Waals surface area (Å²) in [6.45, 7) is 1.41. The van der Waals surface area contributed by atoms with E-state index in [2.05, 4.69) is 21.2 Å². The van der Waals surface area contributed by atoms with Crippen LogP contribution in [0, 0.1) is 0 Å². The number of primary sulfonamides is 1. The number of rotatable bonds is 6. The number of carbonyl (C=O) groups is 2. The zero-order valence-electron chi connectivity index (χ0n) is 13.5. The molecule has 0 saturated carbocycles. The highest BCUT2D eigenvalue weighted by atomic mass is 79.9. The molecule has 1 aromatic carbocycles. The number of anilines is 1. The van der Waals surface area contributed by atoms with Gasteiger partial charge in [0.25, 0.3) is 5.91 Å². The molecule has 0 aliphatic carbocycles. The first-order chi connectivity index (χ1) is 12.1. The number of sulfonamides is 1. The largest absolute Gasteiger partial charge is 0.450 e. The molecule has 26 heavy (non-hydrogen) atoms. The van der Waals surface area contributed by atoms with E-state index in [9.17, 15) is 18.0 Å². The summed E-state index contributed by atoms with van der Waals surface area (Å²) in [4.78, 5) is 23.7. The number of benzene rings is 1. The molecule has 8 nitrogen and oxygen atoms in total. The molecule has 0 bridgehead atoms. The second-order valence-electron chi connectivity index (χ2n) is 5.11. The van der Waals surface area contributed by atoms with E-state index in [0.29, 0.717) is 16.1 Å². The van der Waals surface area contributed by atoms with Gasteiger partial charge in [-0.2, -0.15) is 0 Å². The minimum atomic E-state index is -3.81. The predicted octanol–water partition coefficient (Wildman–Crippen LogP) is 2.27. The fourth-order valence-electron chi connectivity index (χ4n) is 1.81. The number of esters is 1. The van der Waals surface area contributed by atoms with Gasteiger partial charge in [0.15, 0.2) is 10.8 Å². The Morgan fingerprint density at radius 1 is 1.23 bits per heavy atom. The maximum Gasteiger partial charge on any atom is 0.331 e. The number of furan rings is 1. The third-order valence-electron chi connectivity index (χ3n) is 3.09. The Kier molecular flexibility index (Phi) is 6.35. The van der Waals surface area contributed by atoms with E-state index in [0.717, 1.165) is 6.08 Å². The first-order valence-electron chi connectivity index (χ1n) is 7.23. The van der Waals surface area contributed by atoms with Crippen LogP contribution in [0.1, 0.15) is 12.7 Å². The van der Waals surface area contributed by atoms with Gasteiger partial charge in [0.1, 0.15) is 5.76 Å². The highest BCUT2D eigenvalue weighted by Crippen LogP contribution is 2.15. The fourth-order valence-corrected chi connectivity index (χ4v) is 2.64. The molecule has 0 radical (unpaired) electrons. The number of halogens is 1. The smallest absolute Gasteiger partial charge is 0.331 e. The molecule has 0 saturated heterocycles. The zero-order valence-corrected chi connectivity index (χ0v) is 15.9. The lowest BCUT2D eigenvalue weighted by Crippen LogP contribution is -2.29. The number of amides is 1. The lowest BCUT2D eigenvalue weighted by molar-refractivity contribution is -0.148. The highest BCUT2D eigenvalue weighted by molar-refractivity contribution is 9.10. The minimum absolute atomic E-state index is 0.0790. The maximum atomic E-state index is 12.0.